The molecule has 1 atom stereocenters. The molecule has 88 valence electrons. The standard InChI is InChI=1S/C13H18BrNS/c1-2-3-4-12(10-5-6-10)15-9-11-7-8-13(14)16-11/h2,7-8,10,12,15H,1,3-6,9H2. The lowest BCUT2D eigenvalue weighted by molar-refractivity contribution is 0.438. The van der Waals surface area contributed by atoms with E-state index in [2.05, 4.69) is 40.0 Å². The smallest absolute Gasteiger partial charge is 0.0701 e. The first-order chi connectivity index (χ1) is 7.79. The minimum Gasteiger partial charge on any atom is -0.309 e. The summed E-state index contributed by atoms with van der Waals surface area (Å²) >= 11 is 5.32. The molecule has 1 heterocycles. The Morgan fingerprint density at radius 2 is 2.38 bits per heavy atom. The van der Waals surface area contributed by atoms with Gasteiger partial charge in [-0.15, -0.1) is 17.9 Å². The quantitative estimate of drug-likeness (QED) is 0.738. The first-order valence-electron chi connectivity index (χ1n) is 5.88. The van der Waals surface area contributed by atoms with Crippen LogP contribution in [0.25, 0.3) is 0 Å². The number of halogens is 1. The molecule has 1 aromatic rings. The van der Waals surface area contributed by atoms with Crippen LogP contribution in [0.4, 0.5) is 0 Å². The van der Waals surface area contributed by atoms with Gasteiger partial charge in [0.1, 0.15) is 0 Å². The Bertz CT molecular complexity index is 343. The van der Waals surface area contributed by atoms with Gasteiger partial charge in [-0.3, -0.25) is 0 Å². The van der Waals surface area contributed by atoms with E-state index in [1.165, 1.54) is 27.9 Å². The second-order valence-corrected chi connectivity index (χ2v) is 6.94. The Hall–Kier alpha value is -0.120. The third-order valence-corrected chi connectivity index (χ3v) is 4.66. The first-order valence-corrected chi connectivity index (χ1v) is 7.49. The molecule has 1 nitrogen and oxygen atoms in total. The summed E-state index contributed by atoms with van der Waals surface area (Å²) in [5, 5.41) is 3.69. The molecule has 1 aliphatic carbocycles. The first kappa shape index (κ1) is 12.3. The minimum atomic E-state index is 0.693. The van der Waals surface area contributed by atoms with Gasteiger partial charge in [0.15, 0.2) is 0 Å². The van der Waals surface area contributed by atoms with Gasteiger partial charge in [-0.2, -0.15) is 0 Å². The fourth-order valence-corrected chi connectivity index (χ4v) is 3.41. The highest BCUT2D eigenvalue weighted by atomic mass is 79.9. The van der Waals surface area contributed by atoms with Crippen LogP contribution >= 0.6 is 27.3 Å². The largest absolute Gasteiger partial charge is 0.309 e. The predicted octanol–water partition coefficient (Wildman–Crippen LogP) is 4.35. The number of hydrogen-bond acceptors (Lipinski definition) is 2. The average molecular weight is 300 g/mol. The van der Waals surface area contributed by atoms with Crippen molar-refractivity contribution in [2.45, 2.75) is 38.3 Å². The number of allylic oxidation sites excluding steroid dienone is 1. The van der Waals surface area contributed by atoms with Gasteiger partial charge in [-0.05, 0) is 59.7 Å². The number of hydrogen-bond donors (Lipinski definition) is 1. The topological polar surface area (TPSA) is 12.0 Å². The van der Waals surface area contributed by atoms with E-state index in [4.69, 9.17) is 0 Å². The minimum absolute atomic E-state index is 0.693. The molecular weight excluding hydrogens is 282 g/mol. The monoisotopic (exact) mass is 299 g/mol. The lowest BCUT2D eigenvalue weighted by atomic mass is 10.1. The molecule has 0 aromatic carbocycles. The normalized spacial score (nSPS) is 17.3. The molecule has 1 saturated carbocycles. The van der Waals surface area contributed by atoms with Crippen LogP contribution in [0, 0.1) is 5.92 Å². The molecule has 16 heavy (non-hydrogen) atoms. The van der Waals surface area contributed by atoms with Crippen molar-refractivity contribution in [1.29, 1.82) is 0 Å². The van der Waals surface area contributed by atoms with Crippen LogP contribution in [0.5, 0.6) is 0 Å². The van der Waals surface area contributed by atoms with E-state index in [1.807, 2.05) is 17.4 Å². The maximum absolute atomic E-state index is 3.80. The van der Waals surface area contributed by atoms with Crippen molar-refractivity contribution in [1.82, 2.24) is 5.32 Å². The Morgan fingerprint density at radius 1 is 1.56 bits per heavy atom. The SMILES string of the molecule is C=CCCC(NCc1ccc(Br)s1)C1CC1. The van der Waals surface area contributed by atoms with E-state index >= 15 is 0 Å². The highest BCUT2D eigenvalue weighted by Gasteiger charge is 2.30. The molecule has 1 fully saturated rings. The third kappa shape index (κ3) is 3.72. The van der Waals surface area contributed by atoms with Crippen LogP contribution in [0.15, 0.2) is 28.6 Å². The summed E-state index contributed by atoms with van der Waals surface area (Å²) in [4.78, 5) is 1.41. The van der Waals surface area contributed by atoms with Crippen molar-refractivity contribution >= 4 is 27.3 Å². The van der Waals surface area contributed by atoms with Gasteiger partial charge < -0.3 is 5.32 Å². The maximum Gasteiger partial charge on any atom is 0.0701 e. The second kappa shape index (κ2) is 5.99. The van der Waals surface area contributed by atoms with Gasteiger partial charge in [0.2, 0.25) is 0 Å². The van der Waals surface area contributed by atoms with Crippen molar-refractivity contribution in [2.24, 2.45) is 5.92 Å². The van der Waals surface area contributed by atoms with Crippen LogP contribution < -0.4 is 5.32 Å². The van der Waals surface area contributed by atoms with E-state index in [0.717, 1.165) is 18.9 Å². The van der Waals surface area contributed by atoms with Crippen molar-refractivity contribution in [2.75, 3.05) is 0 Å². The van der Waals surface area contributed by atoms with Crippen molar-refractivity contribution < 1.29 is 0 Å². The summed E-state index contributed by atoms with van der Waals surface area (Å²) in [5.41, 5.74) is 0. The zero-order valence-electron chi connectivity index (χ0n) is 9.42. The molecule has 0 radical (unpaired) electrons. The number of thiophene rings is 1. The van der Waals surface area contributed by atoms with Crippen LogP contribution in [0.3, 0.4) is 0 Å². The summed E-state index contributed by atoms with van der Waals surface area (Å²) in [6, 6.07) is 5.01. The molecule has 0 aliphatic heterocycles. The Morgan fingerprint density at radius 3 is 2.94 bits per heavy atom. The molecule has 1 unspecified atom stereocenters. The molecule has 2 rings (SSSR count). The van der Waals surface area contributed by atoms with Gasteiger partial charge in [-0.1, -0.05) is 6.08 Å². The molecule has 1 aromatic heterocycles. The van der Waals surface area contributed by atoms with Gasteiger partial charge in [0.25, 0.3) is 0 Å². The van der Waals surface area contributed by atoms with E-state index in [-0.39, 0.29) is 0 Å². The average Bonchev–Trinajstić information content (AvgIpc) is 3.03. The predicted molar refractivity (Wildman–Crippen MR) is 74.8 cm³/mol. The zero-order valence-corrected chi connectivity index (χ0v) is 11.8. The van der Waals surface area contributed by atoms with Gasteiger partial charge in [0.05, 0.1) is 3.79 Å². The lowest BCUT2D eigenvalue weighted by Crippen LogP contribution is -2.30. The van der Waals surface area contributed by atoms with Gasteiger partial charge in [0, 0.05) is 17.5 Å². The summed E-state index contributed by atoms with van der Waals surface area (Å²) in [7, 11) is 0. The van der Waals surface area contributed by atoms with Crippen LogP contribution in [0.2, 0.25) is 0 Å². The summed E-state index contributed by atoms with van der Waals surface area (Å²) in [6.07, 6.45) is 7.20. The van der Waals surface area contributed by atoms with Gasteiger partial charge in [-0.25, -0.2) is 0 Å². The summed E-state index contributed by atoms with van der Waals surface area (Å²) < 4.78 is 1.22. The highest BCUT2D eigenvalue weighted by Crippen LogP contribution is 2.35. The van der Waals surface area contributed by atoms with E-state index in [0.29, 0.717) is 6.04 Å². The molecule has 1 aliphatic rings. The van der Waals surface area contributed by atoms with Crippen LogP contribution in [0.1, 0.15) is 30.6 Å². The van der Waals surface area contributed by atoms with Gasteiger partial charge >= 0.3 is 0 Å². The van der Waals surface area contributed by atoms with Crippen molar-refractivity contribution in [3.05, 3.63) is 33.5 Å². The molecule has 0 amide bonds. The Labute approximate surface area is 110 Å². The number of nitrogens with one attached hydrogen (secondary N) is 1. The lowest BCUT2D eigenvalue weighted by Gasteiger charge is -2.16. The third-order valence-electron chi connectivity index (χ3n) is 3.04. The van der Waals surface area contributed by atoms with E-state index < -0.39 is 0 Å². The molecule has 1 N–H and O–H groups in total. The van der Waals surface area contributed by atoms with E-state index in [1.54, 1.807) is 0 Å². The Balaban J connectivity index is 1.79. The fraction of sp³-hybridized carbons (Fsp3) is 0.538. The Kier molecular flexibility index (Phi) is 4.62. The summed E-state index contributed by atoms with van der Waals surface area (Å²) in [5.74, 6) is 0.920. The van der Waals surface area contributed by atoms with Crippen LogP contribution in [-0.2, 0) is 6.54 Å². The highest BCUT2D eigenvalue weighted by molar-refractivity contribution is 9.11. The molecular formula is C13H18BrNS. The van der Waals surface area contributed by atoms with Crippen molar-refractivity contribution in [3.8, 4) is 0 Å². The van der Waals surface area contributed by atoms with Crippen molar-refractivity contribution in [3.63, 3.8) is 0 Å². The number of rotatable bonds is 7. The maximum atomic E-state index is 3.80. The fourth-order valence-electron chi connectivity index (χ4n) is 1.98. The zero-order chi connectivity index (χ0) is 11.4. The molecule has 0 bridgehead atoms. The molecule has 3 heteroatoms. The summed E-state index contributed by atoms with van der Waals surface area (Å²) in [6.45, 7) is 4.81. The molecule has 0 saturated heterocycles. The van der Waals surface area contributed by atoms with E-state index in [9.17, 15) is 0 Å². The second-order valence-electron chi connectivity index (χ2n) is 4.40. The van der Waals surface area contributed by atoms with Crippen LogP contribution in [-0.4, -0.2) is 6.04 Å². The molecule has 0 spiro atoms.